The first kappa shape index (κ1) is 22.7. The first-order valence-corrected chi connectivity index (χ1v) is 10.4. The number of nitrogens with zero attached hydrogens (tertiary/aromatic N) is 3. The molecule has 2 fully saturated rings. The van der Waals surface area contributed by atoms with Gasteiger partial charge in [-0.25, -0.2) is 0 Å². The third-order valence-corrected chi connectivity index (χ3v) is 5.38. The number of rotatable bonds is 6. The van der Waals surface area contributed by atoms with Crippen molar-refractivity contribution in [1.29, 1.82) is 0 Å². The van der Waals surface area contributed by atoms with Crippen molar-refractivity contribution >= 4 is 51.6 Å². The first-order valence-electron chi connectivity index (χ1n) is 9.60. The molecule has 2 N–H and O–H groups in total. The average molecular weight is 552 g/mol. The maximum atomic E-state index is 5.40. The van der Waals surface area contributed by atoms with Crippen LogP contribution in [0.15, 0.2) is 33.7 Å². The van der Waals surface area contributed by atoms with Gasteiger partial charge in [0, 0.05) is 55.5 Å². The molecular weight excluding hydrogens is 521 g/mol. The Kier molecular flexibility index (Phi) is 10.2. The minimum Gasteiger partial charge on any atom is -0.379 e. The third kappa shape index (κ3) is 7.40. The standard InChI is InChI=1S/C19H30BrN5O.HI/c1-2-21-19(22-8-10-24-11-13-26-14-12-24)23-17-7-9-25(15-17)18-5-3-16(20)4-6-18;/h3-6,17H,2,7-15H2,1H3,(H2,21,22,23);1H. The Morgan fingerprint density at radius 3 is 2.67 bits per heavy atom. The molecule has 2 heterocycles. The van der Waals surface area contributed by atoms with Crippen LogP contribution in [0.5, 0.6) is 0 Å². The molecule has 1 aromatic rings. The van der Waals surface area contributed by atoms with Crippen molar-refractivity contribution in [2.45, 2.75) is 19.4 Å². The lowest BCUT2D eigenvalue weighted by molar-refractivity contribution is 0.0394. The molecule has 6 nitrogen and oxygen atoms in total. The van der Waals surface area contributed by atoms with E-state index in [1.54, 1.807) is 0 Å². The second kappa shape index (κ2) is 12.1. The summed E-state index contributed by atoms with van der Waals surface area (Å²) < 4.78 is 6.52. The highest BCUT2D eigenvalue weighted by Crippen LogP contribution is 2.22. The number of guanidine groups is 1. The van der Waals surface area contributed by atoms with Crippen molar-refractivity contribution in [2.75, 3.05) is 63.9 Å². The monoisotopic (exact) mass is 551 g/mol. The molecule has 8 heteroatoms. The predicted molar refractivity (Wildman–Crippen MR) is 127 cm³/mol. The Bertz CT molecular complexity index is 580. The van der Waals surface area contributed by atoms with Gasteiger partial charge < -0.3 is 20.3 Å². The summed E-state index contributed by atoms with van der Waals surface area (Å²) in [4.78, 5) is 9.62. The van der Waals surface area contributed by atoms with Gasteiger partial charge in [0.25, 0.3) is 0 Å². The minimum absolute atomic E-state index is 0. The molecule has 0 saturated carbocycles. The second-order valence-electron chi connectivity index (χ2n) is 6.77. The Balaban J connectivity index is 0.00000261. The van der Waals surface area contributed by atoms with Crippen LogP contribution in [0.2, 0.25) is 0 Å². The summed E-state index contributed by atoms with van der Waals surface area (Å²) in [6, 6.07) is 8.99. The van der Waals surface area contributed by atoms with Crippen molar-refractivity contribution in [3.63, 3.8) is 0 Å². The van der Waals surface area contributed by atoms with Crippen molar-refractivity contribution in [3.8, 4) is 0 Å². The molecule has 3 rings (SSSR count). The summed E-state index contributed by atoms with van der Waals surface area (Å²) >= 11 is 3.50. The second-order valence-corrected chi connectivity index (χ2v) is 7.68. The molecule has 0 spiro atoms. The van der Waals surface area contributed by atoms with Gasteiger partial charge in [-0.2, -0.15) is 0 Å². The number of morpholine rings is 1. The number of aliphatic imine (C=N–C) groups is 1. The molecular formula is C19H31BrIN5O. The lowest BCUT2D eigenvalue weighted by Crippen LogP contribution is -2.45. The molecule has 0 aromatic heterocycles. The number of benzene rings is 1. The van der Waals surface area contributed by atoms with Gasteiger partial charge in [0.1, 0.15) is 0 Å². The summed E-state index contributed by atoms with van der Waals surface area (Å²) in [6.45, 7) is 10.6. The zero-order valence-electron chi connectivity index (χ0n) is 16.0. The van der Waals surface area contributed by atoms with Gasteiger partial charge in [0.2, 0.25) is 0 Å². The van der Waals surface area contributed by atoms with Gasteiger partial charge in [-0.05, 0) is 37.6 Å². The molecule has 0 bridgehead atoms. The van der Waals surface area contributed by atoms with Gasteiger partial charge in [-0.1, -0.05) is 15.9 Å². The normalized spacial score (nSPS) is 21.0. The molecule has 0 radical (unpaired) electrons. The van der Waals surface area contributed by atoms with E-state index in [2.05, 4.69) is 67.6 Å². The Morgan fingerprint density at radius 1 is 1.22 bits per heavy atom. The van der Waals surface area contributed by atoms with E-state index in [1.165, 1.54) is 5.69 Å². The molecule has 2 saturated heterocycles. The van der Waals surface area contributed by atoms with Crippen molar-refractivity contribution < 1.29 is 4.74 Å². The lowest BCUT2D eigenvalue weighted by atomic mass is 10.3. The molecule has 152 valence electrons. The van der Waals surface area contributed by atoms with Crippen LogP contribution in [-0.4, -0.2) is 75.9 Å². The highest BCUT2D eigenvalue weighted by molar-refractivity contribution is 14.0. The molecule has 2 aliphatic rings. The van der Waals surface area contributed by atoms with Crippen LogP contribution in [0, 0.1) is 0 Å². The van der Waals surface area contributed by atoms with Crippen molar-refractivity contribution in [3.05, 3.63) is 28.7 Å². The van der Waals surface area contributed by atoms with Crippen LogP contribution in [0.25, 0.3) is 0 Å². The lowest BCUT2D eigenvalue weighted by Gasteiger charge is -2.26. The van der Waals surface area contributed by atoms with Gasteiger partial charge in [0.15, 0.2) is 5.96 Å². The number of anilines is 1. The zero-order valence-corrected chi connectivity index (χ0v) is 19.9. The van der Waals surface area contributed by atoms with Crippen molar-refractivity contribution in [1.82, 2.24) is 15.5 Å². The van der Waals surface area contributed by atoms with E-state index < -0.39 is 0 Å². The van der Waals surface area contributed by atoms with Gasteiger partial charge in [-0.3, -0.25) is 9.89 Å². The maximum Gasteiger partial charge on any atom is 0.191 e. The SMILES string of the molecule is CCNC(=NCCN1CCOCC1)NC1CCN(c2ccc(Br)cc2)C1.I. The van der Waals surface area contributed by atoms with Crippen LogP contribution in [0.4, 0.5) is 5.69 Å². The fourth-order valence-corrected chi connectivity index (χ4v) is 3.67. The third-order valence-electron chi connectivity index (χ3n) is 4.85. The van der Waals surface area contributed by atoms with Crippen LogP contribution < -0.4 is 15.5 Å². The number of nitrogens with one attached hydrogen (secondary N) is 2. The predicted octanol–water partition coefficient (Wildman–Crippen LogP) is 2.53. The minimum atomic E-state index is 0. The highest BCUT2D eigenvalue weighted by Gasteiger charge is 2.23. The molecule has 0 amide bonds. The Morgan fingerprint density at radius 2 is 1.96 bits per heavy atom. The van der Waals surface area contributed by atoms with E-state index in [-0.39, 0.29) is 24.0 Å². The fraction of sp³-hybridized carbons (Fsp3) is 0.632. The fourth-order valence-electron chi connectivity index (χ4n) is 3.41. The number of hydrogen-bond donors (Lipinski definition) is 2. The first-order chi connectivity index (χ1) is 12.7. The van der Waals surface area contributed by atoms with Crippen LogP contribution >= 0.6 is 39.9 Å². The van der Waals surface area contributed by atoms with Crippen LogP contribution in [-0.2, 0) is 4.74 Å². The summed E-state index contributed by atoms with van der Waals surface area (Å²) in [7, 11) is 0. The number of ether oxygens (including phenoxy) is 1. The summed E-state index contributed by atoms with van der Waals surface area (Å²) in [5.41, 5.74) is 1.28. The molecule has 0 aliphatic carbocycles. The van der Waals surface area contributed by atoms with Gasteiger partial charge in [-0.15, -0.1) is 24.0 Å². The average Bonchev–Trinajstić information content (AvgIpc) is 3.12. The summed E-state index contributed by atoms with van der Waals surface area (Å²) in [5, 5.41) is 6.99. The maximum absolute atomic E-state index is 5.40. The topological polar surface area (TPSA) is 52.1 Å². The van der Waals surface area contributed by atoms with E-state index in [4.69, 9.17) is 9.73 Å². The van der Waals surface area contributed by atoms with E-state index >= 15 is 0 Å². The summed E-state index contributed by atoms with van der Waals surface area (Å²) in [6.07, 6.45) is 1.13. The molecule has 2 aliphatic heterocycles. The Hall–Kier alpha value is -0.580. The quantitative estimate of drug-likeness (QED) is 0.323. The largest absolute Gasteiger partial charge is 0.379 e. The van der Waals surface area contributed by atoms with Gasteiger partial charge in [0.05, 0.1) is 19.8 Å². The smallest absolute Gasteiger partial charge is 0.191 e. The van der Waals surface area contributed by atoms with Crippen LogP contribution in [0.1, 0.15) is 13.3 Å². The summed E-state index contributed by atoms with van der Waals surface area (Å²) in [5.74, 6) is 0.934. The molecule has 1 unspecified atom stereocenters. The Labute approximate surface area is 188 Å². The zero-order chi connectivity index (χ0) is 18.2. The molecule has 1 atom stereocenters. The van der Waals surface area contributed by atoms with Crippen molar-refractivity contribution in [2.24, 2.45) is 4.99 Å². The van der Waals surface area contributed by atoms with Gasteiger partial charge >= 0.3 is 0 Å². The van der Waals surface area contributed by atoms with E-state index in [0.717, 1.165) is 75.9 Å². The molecule has 1 aromatic carbocycles. The highest BCUT2D eigenvalue weighted by atomic mass is 127. The number of halogens is 2. The van der Waals surface area contributed by atoms with E-state index in [1.807, 2.05) is 0 Å². The van der Waals surface area contributed by atoms with E-state index in [0.29, 0.717) is 6.04 Å². The molecule has 27 heavy (non-hydrogen) atoms. The van der Waals surface area contributed by atoms with E-state index in [9.17, 15) is 0 Å². The number of hydrogen-bond acceptors (Lipinski definition) is 4. The van der Waals surface area contributed by atoms with Crippen LogP contribution in [0.3, 0.4) is 0 Å².